The summed E-state index contributed by atoms with van der Waals surface area (Å²) in [6.45, 7) is 5.47. The number of aliphatic carboxylic acids is 1. The molecule has 2 unspecified atom stereocenters. The summed E-state index contributed by atoms with van der Waals surface area (Å²) in [5, 5.41) is 16.6. The number of nitrogens with zero attached hydrogens (tertiary/aromatic N) is 3. The van der Waals surface area contributed by atoms with Gasteiger partial charge in [-0.1, -0.05) is 6.92 Å². The zero-order chi connectivity index (χ0) is 39.3. The van der Waals surface area contributed by atoms with Crippen LogP contribution >= 0.6 is 11.8 Å². The molecule has 3 aromatic rings. The topological polar surface area (TPSA) is 79.6 Å². The number of thioether (sulfide) groups is 1. The number of hydrogen-bond donors (Lipinski definition) is 2. The van der Waals surface area contributed by atoms with Crippen molar-refractivity contribution in [2.24, 2.45) is 17.8 Å². The van der Waals surface area contributed by atoms with Crippen molar-refractivity contribution in [3.63, 3.8) is 0 Å². The fourth-order valence-corrected chi connectivity index (χ4v) is 6.97. The average Bonchev–Trinajstić information content (AvgIpc) is 3.56. The van der Waals surface area contributed by atoms with E-state index in [2.05, 4.69) is 10.4 Å². The molecule has 7 nitrogen and oxygen atoms in total. The molecule has 294 valence electrons. The van der Waals surface area contributed by atoms with Crippen molar-refractivity contribution in [2.75, 3.05) is 36.6 Å². The number of anilines is 1. The molecular weight excluding hydrogens is 739 g/mol. The van der Waals surface area contributed by atoms with E-state index in [0.29, 0.717) is 62.3 Å². The summed E-state index contributed by atoms with van der Waals surface area (Å²) in [6.07, 6.45) is -7.88. The molecule has 17 heteroatoms. The zero-order valence-corrected chi connectivity index (χ0v) is 30.4. The Morgan fingerprint density at radius 3 is 2.15 bits per heavy atom. The van der Waals surface area contributed by atoms with Crippen molar-refractivity contribution in [3.8, 4) is 11.4 Å². The Bertz CT molecular complexity index is 1650. The molecule has 1 saturated carbocycles. The molecule has 1 fully saturated rings. The molecule has 2 atom stereocenters. The maximum Gasteiger partial charge on any atom is 0.418 e. The first-order valence-corrected chi connectivity index (χ1v) is 18.5. The van der Waals surface area contributed by atoms with Crippen LogP contribution < -0.4 is 15.0 Å². The van der Waals surface area contributed by atoms with Crippen LogP contribution in [0.15, 0.2) is 42.7 Å². The van der Waals surface area contributed by atoms with E-state index in [9.17, 15) is 49.4 Å². The number of halogens is 9. The number of carbonyl (C=O) groups is 1. The lowest BCUT2D eigenvalue weighted by molar-refractivity contribution is -0.144. The highest BCUT2D eigenvalue weighted by atomic mass is 32.2. The summed E-state index contributed by atoms with van der Waals surface area (Å²) in [7, 11) is 0. The van der Waals surface area contributed by atoms with Crippen LogP contribution in [0.5, 0.6) is 5.75 Å². The van der Waals surface area contributed by atoms with Crippen molar-refractivity contribution < 1.29 is 54.2 Å². The van der Waals surface area contributed by atoms with Gasteiger partial charge in [0.05, 0.1) is 47.3 Å². The van der Waals surface area contributed by atoms with Gasteiger partial charge in [-0.05, 0) is 93.5 Å². The Morgan fingerprint density at radius 1 is 1.00 bits per heavy atom. The molecule has 4 rings (SSSR count). The number of ether oxygens (including phenoxy) is 1. The zero-order valence-electron chi connectivity index (χ0n) is 29.6. The second-order valence-electron chi connectivity index (χ2n) is 13.3. The second-order valence-corrected chi connectivity index (χ2v) is 14.3. The second kappa shape index (κ2) is 17.2. The molecule has 2 N–H and O–H groups in total. The minimum absolute atomic E-state index is 0.00129. The molecule has 0 spiro atoms. The normalized spacial score (nSPS) is 18.1. The van der Waals surface area contributed by atoms with E-state index >= 15 is 0 Å². The van der Waals surface area contributed by atoms with E-state index in [4.69, 9.17) is 4.74 Å². The van der Waals surface area contributed by atoms with Crippen molar-refractivity contribution in [1.82, 2.24) is 15.1 Å². The number of carboxylic acids is 1. The molecule has 1 aliphatic carbocycles. The Balaban J connectivity index is 1.78. The number of nitrogens with one attached hydrogen (secondary N) is 1. The van der Waals surface area contributed by atoms with Gasteiger partial charge in [0.15, 0.2) is 5.75 Å². The molecule has 0 bridgehead atoms. The Kier molecular flexibility index (Phi) is 13.7. The lowest BCUT2D eigenvalue weighted by atomic mass is 9.76. The number of carboxylic acid groups (broad SMARTS) is 1. The van der Waals surface area contributed by atoms with Gasteiger partial charge in [-0.25, -0.2) is 4.68 Å². The summed E-state index contributed by atoms with van der Waals surface area (Å²) < 4.78 is 133. The third-order valence-electron chi connectivity index (χ3n) is 9.79. The minimum Gasteiger partial charge on any atom is -0.489 e. The van der Waals surface area contributed by atoms with E-state index < -0.39 is 59.7 Å². The van der Waals surface area contributed by atoms with Gasteiger partial charge < -0.3 is 20.1 Å². The van der Waals surface area contributed by atoms with Crippen LogP contribution in [0.4, 0.5) is 45.2 Å². The number of aromatic nitrogens is 2. The van der Waals surface area contributed by atoms with Gasteiger partial charge in [0.25, 0.3) is 0 Å². The van der Waals surface area contributed by atoms with Crippen molar-refractivity contribution in [3.05, 3.63) is 70.5 Å². The Labute approximate surface area is 306 Å². The highest BCUT2D eigenvalue weighted by Crippen LogP contribution is 2.42. The van der Waals surface area contributed by atoms with Crippen LogP contribution in [-0.4, -0.2) is 52.6 Å². The number of alkyl halides is 9. The van der Waals surface area contributed by atoms with Crippen LogP contribution in [0, 0.1) is 17.8 Å². The molecule has 2 aromatic carbocycles. The van der Waals surface area contributed by atoms with Crippen LogP contribution in [0.1, 0.15) is 80.3 Å². The van der Waals surface area contributed by atoms with Crippen molar-refractivity contribution >= 4 is 23.4 Å². The molecule has 1 heterocycles. The van der Waals surface area contributed by atoms with Gasteiger partial charge >= 0.3 is 24.5 Å². The minimum atomic E-state index is -5.08. The SMILES string of the molecule is CCN(CC1CCC(C(C)C(=O)O)CC1)c1ccc(C(F)(F)F)c(-n2cc(OCCSC)cn2)c1CNC(C)c1cc(C(F)(F)F)cc(C(F)(F)F)c1. The largest absolute Gasteiger partial charge is 0.489 e. The molecule has 1 aliphatic rings. The monoisotopic (exact) mass is 782 g/mol. The summed E-state index contributed by atoms with van der Waals surface area (Å²) in [5.74, 6) is -0.488. The number of hydrogen-bond acceptors (Lipinski definition) is 6. The fourth-order valence-electron chi connectivity index (χ4n) is 6.72. The van der Waals surface area contributed by atoms with Gasteiger partial charge in [0, 0.05) is 42.7 Å². The smallest absolute Gasteiger partial charge is 0.418 e. The quantitative estimate of drug-likeness (QED) is 0.117. The van der Waals surface area contributed by atoms with E-state index in [1.165, 1.54) is 37.1 Å². The van der Waals surface area contributed by atoms with Gasteiger partial charge in [-0.3, -0.25) is 4.79 Å². The molecule has 1 aromatic heterocycles. The first-order valence-electron chi connectivity index (χ1n) is 17.1. The summed E-state index contributed by atoms with van der Waals surface area (Å²) in [4.78, 5) is 13.4. The number of benzene rings is 2. The van der Waals surface area contributed by atoms with Crippen LogP contribution in [0.25, 0.3) is 5.69 Å². The fraction of sp³-hybridized carbons (Fsp3) is 0.556. The van der Waals surface area contributed by atoms with Gasteiger partial charge in [0.1, 0.15) is 0 Å². The number of rotatable bonds is 15. The molecule has 53 heavy (non-hydrogen) atoms. The lowest BCUT2D eigenvalue weighted by Gasteiger charge is -2.36. The van der Waals surface area contributed by atoms with Gasteiger partial charge in [0.2, 0.25) is 0 Å². The van der Waals surface area contributed by atoms with E-state index in [0.717, 1.165) is 10.7 Å². The Hall–Kier alpha value is -3.60. The van der Waals surface area contributed by atoms with E-state index in [1.54, 1.807) is 6.92 Å². The summed E-state index contributed by atoms with van der Waals surface area (Å²) >= 11 is 1.50. The van der Waals surface area contributed by atoms with Gasteiger partial charge in [-0.15, -0.1) is 0 Å². The third-order valence-corrected chi connectivity index (χ3v) is 10.4. The predicted octanol–water partition coefficient (Wildman–Crippen LogP) is 9.87. The van der Waals surface area contributed by atoms with Crippen LogP contribution in [-0.2, 0) is 29.9 Å². The van der Waals surface area contributed by atoms with Gasteiger partial charge in [-0.2, -0.15) is 56.4 Å². The average molecular weight is 783 g/mol. The summed E-state index contributed by atoms with van der Waals surface area (Å²) in [6, 6.07) is 2.28. The highest BCUT2D eigenvalue weighted by Gasteiger charge is 2.39. The maximum absolute atomic E-state index is 14.7. The molecule has 0 aliphatic heterocycles. The van der Waals surface area contributed by atoms with E-state index in [-0.39, 0.29) is 47.1 Å². The molecule has 0 radical (unpaired) electrons. The molecular formula is C36H43F9N4O3S. The Morgan fingerprint density at radius 2 is 1.62 bits per heavy atom. The van der Waals surface area contributed by atoms with Crippen LogP contribution in [0.3, 0.4) is 0 Å². The van der Waals surface area contributed by atoms with Crippen molar-refractivity contribution in [2.45, 2.75) is 77.6 Å². The highest BCUT2D eigenvalue weighted by molar-refractivity contribution is 7.98. The molecule has 0 amide bonds. The third kappa shape index (κ3) is 10.8. The predicted molar refractivity (Wildman–Crippen MR) is 184 cm³/mol. The van der Waals surface area contributed by atoms with Crippen LogP contribution in [0.2, 0.25) is 0 Å². The maximum atomic E-state index is 14.7. The first kappa shape index (κ1) is 42.1. The summed E-state index contributed by atoms with van der Waals surface area (Å²) in [5.41, 5.74) is -4.35. The van der Waals surface area contributed by atoms with E-state index in [1.807, 2.05) is 18.1 Å². The first-order chi connectivity index (χ1) is 24.7. The lowest BCUT2D eigenvalue weighted by Crippen LogP contribution is -2.34. The van der Waals surface area contributed by atoms with Crippen molar-refractivity contribution in [1.29, 1.82) is 0 Å². The molecule has 0 saturated heterocycles. The standard InChI is InChI=1S/C36H43F9N4O3S/c1-5-48(19-23-6-8-24(9-7-23)21(2)33(50)51)31-11-10-30(36(43,44)45)32(49-20-28(17-47-49)52-12-13-53-4)29(31)18-46-22(3)25-14-26(34(37,38)39)16-27(15-25)35(40,41)42/h10-11,14-17,20-24,46H,5-9,12-13,18-19H2,1-4H3,(H,50,51).